The fourth-order valence-corrected chi connectivity index (χ4v) is 11.2. The van der Waals surface area contributed by atoms with E-state index < -0.39 is 11.2 Å². The minimum Gasteiger partial charge on any atom is -0.494 e. The molecule has 0 N–H and O–H groups in total. The summed E-state index contributed by atoms with van der Waals surface area (Å²) in [5.74, 6) is 5.13. The molecule has 6 aromatic carbocycles. The summed E-state index contributed by atoms with van der Waals surface area (Å²) in [6.45, 7) is 11.9. The molecule has 0 aliphatic carbocycles. The second-order valence-corrected chi connectivity index (χ2v) is 22.0. The zero-order valence-electron chi connectivity index (χ0n) is 48.1. The van der Waals surface area contributed by atoms with Gasteiger partial charge in [0.2, 0.25) is 0 Å². The van der Waals surface area contributed by atoms with Crippen LogP contribution in [-0.4, -0.2) is 26.4 Å². The highest BCUT2D eigenvalue weighted by Gasteiger charge is 2.40. The quantitative estimate of drug-likeness (QED) is 0.0366. The highest BCUT2D eigenvalue weighted by Crippen LogP contribution is 2.50. The molecule has 2 aliphatic heterocycles. The Morgan fingerprint density at radius 2 is 0.551 bits per heavy atom. The monoisotopic (exact) mass is 1050 g/mol. The van der Waals surface area contributed by atoms with Gasteiger partial charge in [0, 0.05) is 38.8 Å². The largest absolute Gasteiger partial charge is 0.494 e. The Bertz CT molecular complexity index is 2430. The van der Waals surface area contributed by atoms with Gasteiger partial charge in [0.1, 0.15) is 34.5 Å². The Morgan fingerprint density at radius 1 is 0.295 bits per heavy atom. The van der Waals surface area contributed by atoms with Crippen LogP contribution in [0.5, 0.6) is 34.5 Å². The maximum atomic E-state index is 7.42. The molecule has 6 heteroatoms. The van der Waals surface area contributed by atoms with E-state index in [9.17, 15) is 0 Å². The SMILES string of the molecule is CCCCCCCCOc1ccc(C2(c3ccc(OCCCCCCCC)cc3)C=Cc3c(ccc4ccc5c(c34)C=CC(c3ccc(OCCCCCCCC)cc3)(c3ccc(OCCCCCCCC)cc3)O5)O2)cc1. The average Bonchev–Trinajstić information content (AvgIpc) is 3.62. The highest BCUT2D eigenvalue weighted by atomic mass is 16.5. The van der Waals surface area contributed by atoms with E-state index in [0.29, 0.717) is 0 Å². The molecule has 0 radical (unpaired) electrons. The van der Waals surface area contributed by atoms with Crippen LogP contribution in [0.25, 0.3) is 22.9 Å². The van der Waals surface area contributed by atoms with Crippen molar-refractivity contribution in [2.24, 2.45) is 0 Å². The molecule has 0 unspecified atom stereocenters. The Hall–Kier alpha value is -6.14. The van der Waals surface area contributed by atoms with Crippen molar-refractivity contribution in [1.82, 2.24) is 0 Å². The number of benzene rings is 6. The lowest BCUT2D eigenvalue weighted by Crippen LogP contribution is -2.35. The first-order valence-corrected chi connectivity index (χ1v) is 30.8. The van der Waals surface area contributed by atoms with Crippen molar-refractivity contribution in [3.05, 3.63) is 167 Å². The van der Waals surface area contributed by atoms with Crippen LogP contribution in [0.15, 0.2) is 133 Å². The van der Waals surface area contributed by atoms with Crippen LogP contribution in [0, 0.1) is 0 Å². The number of unbranched alkanes of at least 4 members (excludes halogenated alkanes) is 20. The summed E-state index contributed by atoms with van der Waals surface area (Å²) >= 11 is 0. The van der Waals surface area contributed by atoms with E-state index in [2.05, 4.69) is 173 Å². The van der Waals surface area contributed by atoms with E-state index in [0.717, 1.165) is 131 Å². The third-order valence-corrected chi connectivity index (χ3v) is 15.9. The van der Waals surface area contributed by atoms with Gasteiger partial charge in [-0.15, -0.1) is 0 Å². The fourth-order valence-electron chi connectivity index (χ4n) is 11.2. The van der Waals surface area contributed by atoms with Gasteiger partial charge in [0.25, 0.3) is 0 Å². The van der Waals surface area contributed by atoms with Crippen molar-refractivity contribution in [2.45, 2.75) is 193 Å². The zero-order valence-corrected chi connectivity index (χ0v) is 48.1. The van der Waals surface area contributed by atoms with Crippen LogP contribution in [0.3, 0.4) is 0 Å². The molecule has 2 aliphatic rings. The van der Waals surface area contributed by atoms with Gasteiger partial charge in [-0.25, -0.2) is 0 Å². The minimum absolute atomic E-state index is 0.721. The Labute approximate surface area is 469 Å². The van der Waals surface area contributed by atoms with Crippen LogP contribution >= 0.6 is 0 Å². The molecular formula is C72H92O6. The van der Waals surface area contributed by atoms with Gasteiger partial charge in [-0.3, -0.25) is 0 Å². The summed E-state index contributed by atoms with van der Waals surface area (Å²) in [6, 6.07) is 42.7. The maximum absolute atomic E-state index is 7.42. The third kappa shape index (κ3) is 15.6. The average molecular weight is 1050 g/mol. The lowest BCUT2D eigenvalue weighted by Gasteiger charge is -2.38. The third-order valence-electron chi connectivity index (χ3n) is 15.9. The molecule has 2 heterocycles. The van der Waals surface area contributed by atoms with Gasteiger partial charge in [0.05, 0.1) is 26.4 Å². The van der Waals surface area contributed by atoms with E-state index in [-0.39, 0.29) is 0 Å². The van der Waals surface area contributed by atoms with Crippen molar-refractivity contribution in [1.29, 1.82) is 0 Å². The summed E-state index contributed by atoms with van der Waals surface area (Å²) in [6.07, 6.45) is 38.6. The number of ether oxygens (including phenoxy) is 6. The fraction of sp³-hybridized carbons (Fsp3) is 0.472. The molecule has 0 fully saturated rings. The molecule has 8 rings (SSSR count). The van der Waals surface area contributed by atoms with Gasteiger partial charge in [-0.1, -0.05) is 217 Å². The van der Waals surface area contributed by atoms with E-state index >= 15 is 0 Å². The first-order valence-electron chi connectivity index (χ1n) is 30.8. The summed E-state index contributed by atoms with van der Waals surface area (Å²) < 4.78 is 40.0. The van der Waals surface area contributed by atoms with Crippen molar-refractivity contribution in [3.8, 4) is 34.5 Å². The molecule has 6 nitrogen and oxygen atoms in total. The van der Waals surface area contributed by atoms with E-state index in [1.807, 2.05) is 0 Å². The summed E-state index contributed by atoms with van der Waals surface area (Å²) in [4.78, 5) is 0. The number of fused-ring (bicyclic) bond motifs is 5. The van der Waals surface area contributed by atoms with Crippen LogP contribution in [0.2, 0.25) is 0 Å². The van der Waals surface area contributed by atoms with E-state index in [1.54, 1.807) is 0 Å². The normalized spacial score (nSPS) is 13.8. The lowest BCUT2D eigenvalue weighted by molar-refractivity contribution is 0.160. The highest BCUT2D eigenvalue weighted by molar-refractivity contribution is 6.02. The minimum atomic E-state index is -0.901. The second kappa shape index (κ2) is 30.9. The van der Waals surface area contributed by atoms with Gasteiger partial charge in [0.15, 0.2) is 11.2 Å². The van der Waals surface area contributed by atoms with Crippen molar-refractivity contribution >= 4 is 22.9 Å². The van der Waals surface area contributed by atoms with Crippen molar-refractivity contribution in [2.75, 3.05) is 26.4 Å². The molecule has 0 spiro atoms. The molecule has 0 bridgehead atoms. The summed E-state index contributed by atoms with van der Waals surface area (Å²) in [7, 11) is 0. The lowest BCUT2D eigenvalue weighted by atomic mass is 9.81. The Morgan fingerprint density at radius 3 is 0.821 bits per heavy atom. The summed E-state index contributed by atoms with van der Waals surface area (Å²) in [5, 5.41) is 2.21. The standard InChI is InChI=1S/C72H92O6/c1-5-9-13-17-21-25-53-73-62-39-31-58(32-40-62)71(59-33-41-63(42-34-59)74-54-26-22-18-14-10-6-2)51-49-66-68(77-71)47-29-57-30-48-69-67(70(57)66)50-52-72(78-69,60-35-43-64(44-36-60)75-55-27-23-19-15-11-7-3)61-37-45-65(46-38-61)76-56-28-24-20-16-12-8-4/h29-52H,5-28,53-56H2,1-4H3. The molecule has 0 amide bonds. The van der Waals surface area contributed by atoms with Crippen LogP contribution in [0.4, 0.5) is 0 Å². The van der Waals surface area contributed by atoms with E-state index in [1.165, 1.54) is 128 Å². The van der Waals surface area contributed by atoms with Crippen molar-refractivity contribution in [3.63, 3.8) is 0 Å². The van der Waals surface area contributed by atoms with E-state index in [4.69, 9.17) is 28.4 Å². The van der Waals surface area contributed by atoms with Gasteiger partial charge in [-0.2, -0.15) is 0 Å². The Kier molecular flexibility index (Phi) is 23.0. The zero-order chi connectivity index (χ0) is 54.1. The van der Waals surface area contributed by atoms with Gasteiger partial charge < -0.3 is 28.4 Å². The number of hydrogen-bond acceptors (Lipinski definition) is 6. The van der Waals surface area contributed by atoms with Crippen LogP contribution in [-0.2, 0) is 11.2 Å². The molecule has 0 aromatic heterocycles. The first-order chi connectivity index (χ1) is 38.5. The predicted molar refractivity (Wildman–Crippen MR) is 326 cm³/mol. The molecule has 78 heavy (non-hydrogen) atoms. The Balaban J connectivity index is 1.07. The molecule has 6 aromatic rings. The van der Waals surface area contributed by atoms with Crippen LogP contribution in [0.1, 0.15) is 215 Å². The molecule has 0 saturated heterocycles. The number of rotatable bonds is 36. The second-order valence-electron chi connectivity index (χ2n) is 22.0. The van der Waals surface area contributed by atoms with Gasteiger partial charge in [-0.05, 0) is 116 Å². The number of hydrogen-bond donors (Lipinski definition) is 0. The summed E-state index contributed by atoms with van der Waals surface area (Å²) in [5.41, 5.74) is 4.35. The molecule has 416 valence electrons. The van der Waals surface area contributed by atoms with Crippen molar-refractivity contribution < 1.29 is 28.4 Å². The maximum Gasteiger partial charge on any atom is 0.178 e. The first kappa shape index (κ1) is 58.0. The smallest absolute Gasteiger partial charge is 0.178 e. The predicted octanol–water partition coefficient (Wildman–Crippen LogP) is 20.5. The molecule has 0 saturated carbocycles. The van der Waals surface area contributed by atoms with Gasteiger partial charge >= 0.3 is 0 Å². The topological polar surface area (TPSA) is 55.4 Å². The van der Waals surface area contributed by atoms with Crippen LogP contribution < -0.4 is 28.4 Å². The molecular weight excluding hydrogens is 961 g/mol. The molecule has 0 atom stereocenters.